The lowest BCUT2D eigenvalue weighted by Gasteiger charge is -2.12. The van der Waals surface area contributed by atoms with Crippen molar-refractivity contribution in [2.24, 2.45) is 7.05 Å². The predicted octanol–water partition coefficient (Wildman–Crippen LogP) is 3.07. The zero-order valence-electron chi connectivity index (χ0n) is 16.3. The van der Waals surface area contributed by atoms with Crippen LogP contribution in [0.1, 0.15) is 21.6 Å². The summed E-state index contributed by atoms with van der Waals surface area (Å²) in [7, 11) is 6.08. The van der Waals surface area contributed by atoms with Crippen LogP contribution in [0.15, 0.2) is 27.9 Å². The van der Waals surface area contributed by atoms with Gasteiger partial charge in [-0.05, 0) is 38.7 Å². The van der Waals surface area contributed by atoms with Gasteiger partial charge in [0.2, 0.25) is 0 Å². The molecule has 9 heteroatoms. The van der Waals surface area contributed by atoms with Gasteiger partial charge in [-0.3, -0.25) is 4.79 Å². The Morgan fingerprint density at radius 1 is 1.31 bits per heavy atom. The zero-order valence-corrected chi connectivity index (χ0v) is 17.9. The van der Waals surface area contributed by atoms with Crippen molar-refractivity contribution in [3.8, 4) is 17.0 Å². The van der Waals surface area contributed by atoms with Crippen molar-refractivity contribution in [1.29, 1.82) is 0 Å². The number of aromatic carboxylic acids is 1. The molecule has 2 aromatic heterocycles. The van der Waals surface area contributed by atoms with Gasteiger partial charge in [0.1, 0.15) is 5.75 Å². The summed E-state index contributed by atoms with van der Waals surface area (Å²) in [5.41, 5.74) is 2.68. The molecule has 0 bridgehead atoms. The number of pyridine rings is 1. The third kappa shape index (κ3) is 3.52. The first-order chi connectivity index (χ1) is 13.3. The van der Waals surface area contributed by atoms with E-state index < -0.39 is 22.8 Å². The number of hydrogen-bond donors (Lipinski definition) is 3. The molecule has 0 spiro atoms. The van der Waals surface area contributed by atoms with Gasteiger partial charge in [0.15, 0.2) is 5.56 Å². The van der Waals surface area contributed by atoms with Gasteiger partial charge in [0, 0.05) is 52.0 Å². The average molecular weight is 436 g/mol. The van der Waals surface area contributed by atoms with E-state index in [1.54, 1.807) is 11.8 Å². The number of carboxylic acids is 1. The molecule has 29 heavy (non-hydrogen) atoms. The number of H-pyrrole nitrogens is 1. The van der Waals surface area contributed by atoms with E-state index in [1.165, 1.54) is 5.69 Å². The number of aryl methyl sites for hydroxylation is 1. The van der Waals surface area contributed by atoms with Crippen molar-refractivity contribution in [2.75, 3.05) is 19.8 Å². The van der Waals surface area contributed by atoms with Gasteiger partial charge in [-0.15, -0.1) is 24.2 Å². The SMILES string of the molecule is CN(C)Cc1cc2cc3c(cc2n1C)SCCc1c-3[nH]c(=O)c(C(=O)O)c1O.Cl. The van der Waals surface area contributed by atoms with Crippen LogP contribution in [0.3, 0.4) is 0 Å². The molecule has 7 nitrogen and oxygen atoms in total. The summed E-state index contributed by atoms with van der Waals surface area (Å²) in [6.45, 7) is 0.805. The quantitative estimate of drug-likeness (QED) is 0.584. The van der Waals surface area contributed by atoms with Crippen LogP contribution in [0.5, 0.6) is 5.75 Å². The van der Waals surface area contributed by atoms with Gasteiger partial charge >= 0.3 is 5.97 Å². The molecule has 0 aliphatic carbocycles. The molecule has 154 valence electrons. The van der Waals surface area contributed by atoms with Gasteiger partial charge in [0.25, 0.3) is 5.56 Å². The molecule has 3 aromatic rings. The minimum absolute atomic E-state index is 0. The van der Waals surface area contributed by atoms with E-state index >= 15 is 0 Å². The first-order valence-corrected chi connectivity index (χ1v) is 9.88. The Kier molecular flexibility index (Phi) is 5.71. The van der Waals surface area contributed by atoms with Crippen molar-refractivity contribution in [3.63, 3.8) is 0 Å². The second-order valence-electron chi connectivity index (χ2n) is 7.27. The average Bonchev–Trinajstić information content (AvgIpc) is 2.79. The number of aromatic amines is 1. The Hall–Kier alpha value is -2.42. The molecule has 0 atom stereocenters. The zero-order chi connectivity index (χ0) is 20.2. The molecular weight excluding hydrogens is 414 g/mol. The van der Waals surface area contributed by atoms with Gasteiger partial charge in [-0.25, -0.2) is 4.79 Å². The number of carboxylic acid groups (broad SMARTS) is 1. The summed E-state index contributed by atoms with van der Waals surface area (Å²) >= 11 is 1.64. The number of carbonyl (C=O) groups is 1. The summed E-state index contributed by atoms with van der Waals surface area (Å²) < 4.78 is 2.16. The number of thioether (sulfide) groups is 1. The first kappa shape index (κ1) is 21.3. The molecule has 4 rings (SSSR count). The highest BCUT2D eigenvalue weighted by Gasteiger charge is 2.26. The Labute approximate surface area is 177 Å². The minimum Gasteiger partial charge on any atom is -0.506 e. The maximum Gasteiger partial charge on any atom is 0.345 e. The number of benzene rings is 1. The highest BCUT2D eigenvalue weighted by atomic mass is 35.5. The summed E-state index contributed by atoms with van der Waals surface area (Å²) in [5, 5.41) is 20.8. The van der Waals surface area contributed by atoms with Crippen LogP contribution >= 0.6 is 24.2 Å². The minimum atomic E-state index is -1.43. The Bertz CT molecular complexity index is 1180. The van der Waals surface area contributed by atoms with E-state index in [9.17, 15) is 19.8 Å². The molecule has 0 radical (unpaired) electrons. The van der Waals surface area contributed by atoms with Gasteiger partial charge in [0.05, 0.1) is 5.69 Å². The second kappa shape index (κ2) is 7.78. The first-order valence-electron chi connectivity index (χ1n) is 8.89. The fourth-order valence-corrected chi connectivity index (χ4v) is 4.81. The third-order valence-corrected chi connectivity index (χ3v) is 6.16. The lowest BCUT2D eigenvalue weighted by molar-refractivity contribution is 0.0691. The highest BCUT2D eigenvalue weighted by Crippen LogP contribution is 2.42. The van der Waals surface area contributed by atoms with Crippen LogP contribution in [-0.2, 0) is 20.0 Å². The summed E-state index contributed by atoms with van der Waals surface area (Å²) in [5.74, 6) is -1.18. The molecule has 0 saturated carbocycles. The van der Waals surface area contributed by atoms with Gasteiger partial charge in [-0.2, -0.15) is 0 Å². The molecule has 1 aliphatic rings. The molecule has 1 aliphatic heterocycles. The molecule has 0 fully saturated rings. The van der Waals surface area contributed by atoms with Crippen molar-refractivity contribution < 1.29 is 15.0 Å². The lowest BCUT2D eigenvalue weighted by Crippen LogP contribution is -2.20. The summed E-state index contributed by atoms with van der Waals surface area (Å²) in [6.07, 6.45) is 0.472. The van der Waals surface area contributed by atoms with E-state index in [2.05, 4.69) is 26.6 Å². The van der Waals surface area contributed by atoms with E-state index in [0.717, 1.165) is 27.9 Å². The monoisotopic (exact) mass is 435 g/mol. The largest absolute Gasteiger partial charge is 0.506 e. The van der Waals surface area contributed by atoms with Crippen molar-refractivity contribution in [3.05, 3.63) is 45.4 Å². The summed E-state index contributed by atoms with van der Waals surface area (Å²) in [4.78, 5) is 29.5. The molecular formula is C20H22ClN3O4S. The molecule has 3 heterocycles. The van der Waals surface area contributed by atoms with Crippen molar-refractivity contribution in [1.82, 2.24) is 14.5 Å². The lowest BCUT2D eigenvalue weighted by atomic mass is 9.99. The maximum atomic E-state index is 12.3. The van der Waals surface area contributed by atoms with Gasteiger partial charge < -0.3 is 24.7 Å². The van der Waals surface area contributed by atoms with E-state index in [0.29, 0.717) is 23.4 Å². The number of aromatic nitrogens is 2. The van der Waals surface area contributed by atoms with Crippen molar-refractivity contribution in [2.45, 2.75) is 17.9 Å². The number of fused-ring (bicyclic) bond motifs is 4. The Balaban J connectivity index is 0.00000240. The number of hydrogen-bond acceptors (Lipinski definition) is 5. The van der Waals surface area contributed by atoms with E-state index in [1.807, 2.05) is 27.2 Å². The van der Waals surface area contributed by atoms with Crippen LogP contribution in [0.2, 0.25) is 0 Å². The Morgan fingerprint density at radius 2 is 2.03 bits per heavy atom. The van der Waals surface area contributed by atoms with Crippen LogP contribution in [0, 0.1) is 0 Å². The second-order valence-corrected chi connectivity index (χ2v) is 8.41. The predicted molar refractivity (Wildman–Crippen MR) is 117 cm³/mol. The van der Waals surface area contributed by atoms with E-state index in [-0.39, 0.29) is 12.4 Å². The fourth-order valence-electron chi connectivity index (χ4n) is 3.78. The molecule has 1 aromatic carbocycles. The molecule has 0 amide bonds. The van der Waals surface area contributed by atoms with Gasteiger partial charge in [-0.1, -0.05) is 0 Å². The fraction of sp³-hybridized carbons (Fsp3) is 0.300. The van der Waals surface area contributed by atoms with Crippen molar-refractivity contribution >= 4 is 41.0 Å². The Morgan fingerprint density at radius 3 is 2.69 bits per heavy atom. The topological polar surface area (TPSA) is 98.6 Å². The highest BCUT2D eigenvalue weighted by molar-refractivity contribution is 7.99. The number of halogens is 1. The van der Waals surface area contributed by atoms with Crippen LogP contribution in [-0.4, -0.2) is 50.5 Å². The molecule has 0 saturated heterocycles. The van der Waals surface area contributed by atoms with Crippen LogP contribution in [0.4, 0.5) is 0 Å². The third-order valence-electron chi connectivity index (χ3n) is 5.10. The van der Waals surface area contributed by atoms with Crippen LogP contribution < -0.4 is 5.56 Å². The number of nitrogens with zero attached hydrogens (tertiary/aromatic N) is 2. The normalized spacial score (nSPS) is 13.0. The summed E-state index contributed by atoms with van der Waals surface area (Å²) in [6, 6.07) is 6.23. The number of rotatable bonds is 3. The number of aromatic hydroxyl groups is 1. The smallest absolute Gasteiger partial charge is 0.345 e. The maximum absolute atomic E-state index is 12.3. The number of nitrogens with one attached hydrogen (secondary N) is 1. The van der Waals surface area contributed by atoms with E-state index in [4.69, 9.17) is 0 Å². The molecule has 0 unspecified atom stereocenters. The standard InChI is InChI=1S/C20H21N3O4S.ClH/c1-22(2)9-11-6-10-7-13-15(8-14(10)23(11)3)28-5-4-12-17(13)21-19(25)16(18(12)24)20(26)27;/h6-8H,4-5,9H2,1-3H3,(H,26,27)(H2,21,24,25);1H. The molecule has 3 N–H and O–H groups in total. The van der Waals surface area contributed by atoms with Crippen LogP contribution in [0.25, 0.3) is 22.2 Å².